The van der Waals surface area contributed by atoms with Gasteiger partial charge in [-0.2, -0.15) is 0 Å². The molecule has 1 aliphatic rings. The van der Waals surface area contributed by atoms with Gasteiger partial charge in [0.05, 0.1) is 11.0 Å². The summed E-state index contributed by atoms with van der Waals surface area (Å²) in [5.74, 6) is 0.470. The number of imidazole rings is 1. The molecule has 3 rings (SSSR count). The average molecular weight is 359 g/mol. The van der Waals surface area contributed by atoms with Crippen LogP contribution in [0.15, 0.2) is 24.3 Å². The van der Waals surface area contributed by atoms with Crippen molar-refractivity contribution in [2.45, 2.75) is 19.2 Å². The number of benzene rings is 1. The normalized spacial score (nSPS) is 18.3. The van der Waals surface area contributed by atoms with Crippen molar-refractivity contribution in [3.8, 4) is 0 Å². The molecule has 1 aliphatic heterocycles. The van der Waals surface area contributed by atoms with E-state index in [1.807, 2.05) is 35.9 Å². The van der Waals surface area contributed by atoms with E-state index in [0.717, 1.165) is 17.6 Å². The van der Waals surface area contributed by atoms with Gasteiger partial charge in [0.25, 0.3) is 0 Å². The number of carbonyl (C=O) groups excluding carboxylic acids is 2. The lowest BCUT2D eigenvalue weighted by atomic mass is 10.1. The van der Waals surface area contributed by atoms with Crippen molar-refractivity contribution in [3.05, 3.63) is 30.1 Å². The van der Waals surface area contributed by atoms with E-state index in [1.54, 1.807) is 19.1 Å². The Bertz CT molecular complexity index is 803. The summed E-state index contributed by atoms with van der Waals surface area (Å²) in [5, 5.41) is 2.66. The summed E-state index contributed by atoms with van der Waals surface area (Å²) in [6, 6.07) is 7.21. The van der Waals surface area contributed by atoms with Gasteiger partial charge in [0, 0.05) is 33.8 Å². The Kier molecular flexibility index (Phi) is 5.53. The minimum Gasteiger partial charge on any atom is -0.377 e. The van der Waals surface area contributed by atoms with Crippen molar-refractivity contribution < 1.29 is 14.3 Å². The molecule has 0 spiro atoms. The highest BCUT2D eigenvalue weighted by molar-refractivity contribution is 5.88. The Morgan fingerprint density at radius 1 is 1.31 bits per heavy atom. The molecule has 140 valence electrons. The Labute approximate surface area is 152 Å². The Morgan fingerprint density at radius 2 is 2.08 bits per heavy atom. The van der Waals surface area contributed by atoms with Gasteiger partial charge >= 0.3 is 0 Å². The Morgan fingerprint density at radius 3 is 2.81 bits per heavy atom. The zero-order valence-electron chi connectivity index (χ0n) is 15.4. The van der Waals surface area contributed by atoms with Gasteiger partial charge in [-0.3, -0.25) is 9.59 Å². The maximum Gasteiger partial charge on any atom is 0.243 e. The first-order chi connectivity index (χ1) is 12.5. The number of hydrogen-bond donors (Lipinski definition) is 1. The lowest BCUT2D eigenvalue weighted by Crippen LogP contribution is -2.60. The van der Waals surface area contributed by atoms with Gasteiger partial charge in [0.1, 0.15) is 25.0 Å². The van der Waals surface area contributed by atoms with Gasteiger partial charge in [0.15, 0.2) is 0 Å². The van der Waals surface area contributed by atoms with Crippen LogP contribution in [0.1, 0.15) is 5.82 Å². The van der Waals surface area contributed by atoms with Crippen LogP contribution in [0.2, 0.25) is 0 Å². The van der Waals surface area contributed by atoms with Crippen LogP contribution in [0, 0.1) is 0 Å². The number of amides is 2. The third kappa shape index (κ3) is 3.56. The van der Waals surface area contributed by atoms with E-state index in [0.29, 0.717) is 25.5 Å². The number of methoxy groups -OCH3 is 1. The molecule has 8 nitrogen and oxygen atoms in total. The monoisotopic (exact) mass is 359 g/mol. The highest BCUT2D eigenvalue weighted by Crippen LogP contribution is 2.18. The van der Waals surface area contributed by atoms with Crippen molar-refractivity contribution in [2.75, 3.05) is 40.8 Å². The number of hydrogen-bond acceptors (Lipinski definition) is 5. The summed E-state index contributed by atoms with van der Waals surface area (Å²) in [4.78, 5) is 33.6. The fourth-order valence-electron chi connectivity index (χ4n) is 3.38. The zero-order valence-corrected chi connectivity index (χ0v) is 15.4. The number of fused-ring (bicyclic) bond motifs is 1. The Hall–Kier alpha value is -2.45. The van der Waals surface area contributed by atoms with Crippen LogP contribution < -0.4 is 5.32 Å². The number of carbonyl (C=O) groups is 2. The predicted octanol–water partition coefficient (Wildman–Crippen LogP) is 0.0713. The van der Waals surface area contributed by atoms with Crippen LogP contribution in [0.5, 0.6) is 0 Å². The first-order valence-electron chi connectivity index (χ1n) is 8.67. The number of ether oxygens (including phenoxy) is 1. The number of aromatic nitrogens is 2. The summed E-state index contributed by atoms with van der Waals surface area (Å²) in [6.45, 7) is 2.26. The molecule has 1 saturated heterocycles. The smallest absolute Gasteiger partial charge is 0.243 e. The number of rotatable bonds is 5. The van der Waals surface area contributed by atoms with Crippen LogP contribution in [0.25, 0.3) is 11.0 Å². The second-order valence-corrected chi connectivity index (χ2v) is 6.52. The molecule has 0 radical (unpaired) electrons. The quantitative estimate of drug-likeness (QED) is 0.817. The van der Waals surface area contributed by atoms with E-state index in [9.17, 15) is 9.59 Å². The number of likely N-dealkylation sites (N-methyl/N-ethyl adjacent to an activating group) is 2. The lowest BCUT2D eigenvalue weighted by Gasteiger charge is -2.39. The molecule has 1 aromatic heterocycles. The number of piperazine rings is 1. The second kappa shape index (κ2) is 7.84. The van der Waals surface area contributed by atoms with Gasteiger partial charge in [-0.1, -0.05) is 12.1 Å². The summed E-state index contributed by atoms with van der Waals surface area (Å²) >= 11 is 0. The number of nitrogens with one attached hydrogen (secondary N) is 1. The number of para-hydroxylation sites is 2. The van der Waals surface area contributed by atoms with Crippen LogP contribution in [0.4, 0.5) is 0 Å². The maximum atomic E-state index is 13.0. The first kappa shape index (κ1) is 18.3. The SMILES string of the molecule is CNC(=O)C1CN(C)CCN1C(=O)Cn1c(COC)nc2ccccc21. The molecule has 2 amide bonds. The second-order valence-electron chi connectivity index (χ2n) is 6.52. The third-order valence-corrected chi connectivity index (χ3v) is 4.75. The van der Waals surface area contributed by atoms with Crippen LogP contribution in [-0.4, -0.2) is 78.0 Å². The molecule has 1 unspecified atom stereocenters. The minimum atomic E-state index is -0.480. The van der Waals surface area contributed by atoms with E-state index in [2.05, 4.69) is 15.2 Å². The van der Waals surface area contributed by atoms with E-state index >= 15 is 0 Å². The summed E-state index contributed by atoms with van der Waals surface area (Å²) in [6.07, 6.45) is 0. The van der Waals surface area contributed by atoms with E-state index in [-0.39, 0.29) is 18.4 Å². The molecule has 2 heterocycles. The third-order valence-electron chi connectivity index (χ3n) is 4.75. The van der Waals surface area contributed by atoms with Crippen molar-refractivity contribution >= 4 is 22.8 Å². The molecule has 2 aromatic rings. The largest absolute Gasteiger partial charge is 0.377 e. The fraction of sp³-hybridized carbons (Fsp3) is 0.500. The average Bonchev–Trinajstić information content (AvgIpc) is 2.98. The molecule has 1 N–H and O–H groups in total. The fourth-order valence-corrected chi connectivity index (χ4v) is 3.38. The van der Waals surface area contributed by atoms with Crippen LogP contribution in [0.3, 0.4) is 0 Å². The molecule has 0 saturated carbocycles. The van der Waals surface area contributed by atoms with Crippen molar-refractivity contribution in [3.63, 3.8) is 0 Å². The van der Waals surface area contributed by atoms with Crippen LogP contribution >= 0.6 is 0 Å². The first-order valence-corrected chi connectivity index (χ1v) is 8.67. The molecule has 1 fully saturated rings. The number of nitrogens with zero attached hydrogens (tertiary/aromatic N) is 4. The van der Waals surface area contributed by atoms with Gasteiger partial charge in [-0.05, 0) is 19.2 Å². The van der Waals surface area contributed by atoms with Gasteiger partial charge in [0.2, 0.25) is 11.8 Å². The molecular weight excluding hydrogens is 334 g/mol. The maximum absolute atomic E-state index is 13.0. The summed E-state index contributed by atoms with van der Waals surface area (Å²) in [7, 11) is 5.16. The van der Waals surface area contributed by atoms with Crippen molar-refractivity contribution in [2.24, 2.45) is 0 Å². The molecule has 8 heteroatoms. The van der Waals surface area contributed by atoms with E-state index in [1.165, 1.54) is 0 Å². The summed E-state index contributed by atoms with van der Waals surface area (Å²) in [5.41, 5.74) is 1.71. The predicted molar refractivity (Wildman–Crippen MR) is 97.5 cm³/mol. The van der Waals surface area contributed by atoms with Gasteiger partial charge < -0.3 is 24.4 Å². The molecule has 1 atom stereocenters. The standard InChI is InChI=1S/C18H25N5O3/c1-19-18(25)15-10-21(2)8-9-22(15)17(24)11-23-14-7-5-4-6-13(14)20-16(23)12-26-3/h4-7,15H,8-12H2,1-3H3,(H,19,25). The lowest BCUT2D eigenvalue weighted by molar-refractivity contribution is -0.143. The Balaban J connectivity index is 1.88. The highest BCUT2D eigenvalue weighted by atomic mass is 16.5. The molecular formula is C18H25N5O3. The molecule has 0 aliphatic carbocycles. The van der Waals surface area contributed by atoms with Gasteiger partial charge in [-0.15, -0.1) is 0 Å². The van der Waals surface area contributed by atoms with E-state index < -0.39 is 6.04 Å². The molecule has 0 bridgehead atoms. The topological polar surface area (TPSA) is 79.7 Å². The van der Waals surface area contributed by atoms with Gasteiger partial charge in [-0.25, -0.2) is 4.98 Å². The highest BCUT2D eigenvalue weighted by Gasteiger charge is 2.34. The van der Waals surface area contributed by atoms with Crippen LogP contribution in [-0.2, 0) is 27.5 Å². The summed E-state index contributed by atoms with van der Waals surface area (Å²) < 4.78 is 7.11. The molecule has 1 aromatic carbocycles. The molecule has 26 heavy (non-hydrogen) atoms. The minimum absolute atomic E-state index is 0.0905. The van der Waals surface area contributed by atoms with Crippen molar-refractivity contribution in [1.82, 2.24) is 24.7 Å². The zero-order chi connectivity index (χ0) is 18.7. The van der Waals surface area contributed by atoms with E-state index in [4.69, 9.17) is 4.74 Å². The van der Waals surface area contributed by atoms with Crippen molar-refractivity contribution in [1.29, 1.82) is 0 Å².